The van der Waals surface area contributed by atoms with E-state index in [1.807, 2.05) is 0 Å². The van der Waals surface area contributed by atoms with Gasteiger partial charge in [0, 0.05) is 49.7 Å². The van der Waals surface area contributed by atoms with E-state index in [2.05, 4.69) is 20.9 Å². The smallest absolute Gasteiger partial charge is 0.251 e. The molecule has 0 unspecified atom stereocenters. The van der Waals surface area contributed by atoms with Crippen LogP contribution in [0.3, 0.4) is 0 Å². The highest BCUT2D eigenvalue weighted by Gasteiger charge is 2.28. The number of pyridine rings is 1. The van der Waals surface area contributed by atoms with Gasteiger partial charge in [0.15, 0.2) is 11.6 Å². The molecule has 1 aliphatic rings. The SMILES string of the molecule is CN(C)c1ccc(O)c(C(=O)c2ccc(C(=O)N[C@@H]3CCCNC[C@H]3NC(=O)c3ccncc3)cc2)c1F.Cl. The van der Waals surface area contributed by atoms with Gasteiger partial charge < -0.3 is 26.0 Å². The Morgan fingerprint density at radius 2 is 1.51 bits per heavy atom. The topological polar surface area (TPSA) is 124 Å². The molecule has 1 aromatic heterocycles. The highest BCUT2D eigenvalue weighted by Crippen LogP contribution is 2.30. The van der Waals surface area contributed by atoms with E-state index in [0.29, 0.717) is 24.1 Å². The van der Waals surface area contributed by atoms with E-state index >= 15 is 0 Å². The normalized spacial score (nSPS) is 16.8. The molecule has 39 heavy (non-hydrogen) atoms. The summed E-state index contributed by atoms with van der Waals surface area (Å²) < 4.78 is 14.9. The quantitative estimate of drug-likeness (QED) is 0.330. The van der Waals surface area contributed by atoms with Crippen LogP contribution in [0.25, 0.3) is 0 Å². The minimum atomic E-state index is -0.816. The van der Waals surface area contributed by atoms with Crippen LogP contribution in [-0.4, -0.2) is 67.0 Å². The number of hydrogen-bond acceptors (Lipinski definition) is 7. The van der Waals surface area contributed by atoms with E-state index in [1.165, 1.54) is 41.3 Å². The van der Waals surface area contributed by atoms with E-state index in [-0.39, 0.29) is 47.6 Å². The van der Waals surface area contributed by atoms with Gasteiger partial charge in [-0.05, 0) is 55.8 Å². The second-order valence-electron chi connectivity index (χ2n) is 9.34. The van der Waals surface area contributed by atoms with E-state index in [9.17, 15) is 23.9 Å². The van der Waals surface area contributed by atoms with Gasteiger partial charge in [0.25, 0.3) is 11.8 Å². The van der Waals surface area contributed by atoms with Crippen LogP contribution in [0.2, 0.25) is 0 Å². The Hall–Kier alpha value is -4.02. The number of benzene rings is 2. The molecule has 0 bridgehead atoms. The fraction of sp³-hybridized carbons (Fsp3) is 0.286. The summed E-state index contributed by atoms with van der Waals surface area (Å²) in [5.41, 5.74) is 0.670. The molecule has 2 aromatic carbocycles. The summed E-state index contributed by atoms with van der Waals surface area (Å²) >= 11 is 0. The highest BCUT2D eigenvalue weighted by molar-refractivity contribution is 6.11. The van der Waals surface area contributed by atoms with Crippen LogP contribution in [0.15, 0.2) is 60.9 Å². The van der Waals surface area contributed by atoms with E-state index in [4.69, 9.17) is 0 Å². The first-order chi connectivity index (χ1) is 18.3. The molecule has 2 atom stereocenters. The van der Waals surface area contributed by atoms with Crippen LogP contribution >= 0.6 is 12.4 Å². The van der Waals surface area contributed by atoms with Gasteiger partial charge in [-0.1, -0.05) is 12.1 Å². The molecule has 4 N–H and O–H groups in total. The van der Waals surface area contributed by atoms with Gasteiger partial charge in [-0.3, -0.25) is 19.4 Å². The molecule has 0 saturated carbocycles. The maximum absolute atomic E-state index is 14.9. The number of anilines is 1. The lowest BCUT2D eigenvalue weighted by atomic mass is 9.99. The maximum Gasteiger partial charge on any atom is 0.251 e. The number of carbonyl (C=O) groups excluding carboxylic acids is 3. The van der Waals surface area contributed by atoms with Crippen molar-refractivity contribution in [2.75, 3.05) is 32.1 Å². The van der Waals surface area contributed by atoms with Crippen LogP contribution in [0.4, 0.5) is 10.1 Å². The summed E-state index contributed by atoms with van der Waals surface area (Å²) in [7, 11) is 3.27. The van der Waals surface area contributed by atoms with Crippen LogP contribution in [-0.2, 0) is 0 Å². The van der Waals surface area contributed by atoms with Crippen molar-refractivity contribution in [3.05, 3.63) is 89.0 Å². The maximum atomic E-state index is 14.9. The first kappa shape index (κ1) is 29.5. The lowest BCUT2D eigenvalue weighted by molar-refractivity contribution is 0.0882. The number of ketones is 1. The number of nitrogens with one attached hydrogen (secondary N) is 3. The third-order valence-corrected chi connectivity index (χ3v) is 6.51. The Morgan fingerprint density at radius 1 is 0.923 bits per heavy atom. The standard InChI is InChI=1S/C28H30FN5O4.ClH/c1-34(2)22-9-10-23(35)24(25(22)29)26(36)17-5-7-18(8-6-17)27(37)32-20-4-3-13-31-16-21(20)33-28(38)19-11-14-30-15-12-19;/h5-12,14-15,20-21,31,35H,3-4,13,16H2,1-2H3,(H,32,37)(H,33,38);1H/t20-,21-;/m1./s1. The van der Waals surface area contributed by atoms with Crippen molar-refractivity contribution in [1.29, 1.82) is 0 Å². The minimum Gasteiger partial charge on any atom is -0.507 e. The summed E-state index contributed by atoms with van der Waals surface area (Å²) in [6, 6.07) is 11.1. The number of aromatic nitrogens is 1. The average molecular weight is 556 g/mol. The second kappa shape index (κ2) is 13.2. The molecule has 1 aliphatic heterocycles. The zero-order chi connectivity index (χ0) is 27.2. The van der Waals surface area contributed by atoms with Gasteiger partial charge >= 0.3 is 0 Å². The van der Waals surface area contributed by atoms with Gasteiger partial charge in [-0.15, -0.1) is 12.4 Å². The molecule has 0 aliphatic carbocycles. The fourth-order valence-electron chi connectivity index (χ4n) is 4.41. The van der Waals surface area contributed by atoms with Gasteiger partial charge in [-0.25, -0.2) is 4.39 Å². The Balaban J connectivity index is 0.00000420. The predicted octanol–water partition coefficient (Wildman–Crippen LogP) is 2.93. The Labute approximate surface area is 232 Å². The Kier molecular flexibility index (Phi) is 9.97. The van der Waals surface area contributed by atoms with E-state index in [0.717, 1.165) is 13.0 Å². The minimum absolute atomic E-state index is 0. The molecule has 11 heteroatoms. The molecule has 1 saturated heterocycles. The number of rotatable bonds is 7. The number of amides is 2. The molecule has 2 heterocycles. The number of hydrogen-bond donors (Lipinski definition) is 4. The molecule has 3 aromatic rings. The number of nitrogens with zero attached hydrogens (tertiary/aromatic N) is 2. The Bertz CT molecular complexity index is 1320. The molecule has 9 nitrogen and oxygen atoms in total. The molecular formula is C28H31ClFN5O4. The number of phenolic OH excluding ortho intramolecular Hbond substituents is 1. The molecule has 0 spiro atoms. The van der Waals surface area contributed by atoms with Crippen LogP contribution in [0, 0.1) is 5.82 Å². The molecule has 1 fully saturated rings. The largest absolute Gasteiger partial charge is 0.507 e. The lowest BCUT2D eigenvalue weighted by Gasteiger charge is -2.27. The van der Waals surface area contributed by atoms with Crippen molar-refractivity contribution in [2.45, 2.75) is 24.9 Å². The van der Waals surface area contributed by atoms with Crippen molar-refractivity contribution in [3.63, 3.8) is 0 Å². The number of carbonyl (C=O) groups is 3. The fourth-order valence-corrected chi connectivity index (χ4v) is 4.41. The van der Waals surface area contributed by atoms with Crippen molar-refractivity contribution in [1.82, 2.24) is 20.9 Å². The first-order valence-corrected chi connectivity index (χ1v) is 12.3. The molecule has 2 amide bonds. The summed E-state index contributed by atoms with van der Waals surface area (Å²) in [5.74, 6) is -2.57. The van der Waals surface area contributed by atoms with Crippen LogP contribution in [0.5, 0.6) is 5.75 Å². The zero-order valence-electron chi connectivity index (χ0n) is 21.6. The summed E-state index contributed by atoms with van der Waals surface area (Å²) in [6.45, 7) is 1.26. The average Bonchev–Trinajstić information content (AvgIpc) is 3.13. The molecule has 206 valence electrons. The number of phenols is 1. The van der Waals surface area contributed by atoms with Gasteiger partial charge in [-0.2, -0.15) is 0 Å². The highest BCUT2D eigenvalue weighted by atomic mass is 35.5. The van der Waals surface area contributed by atoms with E-state index < -0.39 is 22.9 Å². The lowest BCUT2D eigenvalue weighted by Crippen LogP contribution is -2.54. The van der Waals surface area contributed by atoms with Gasteiger partial charge in [0.1, 0.15) is 11.3 Å². The number of aromatic hydroxyl groups is 1. The van der Waals surface area contributed by atoms with Gasteiger partial charge in [0.2, 0.25) is 0 Å². The van der Waals surface area contributed by atoms with Crippen LogP contribution in [0.1, 0.15) is 49.5 Å². The molecular weight excluding hydrogens is 525 g/mol. The summed E-state index contributed by atoms with van der Waals surface area (Å²) in [5, 5.41) is 19.4. The summed E-state index contributed by atoms with van der Waals surface area (Å²) in [6.07, 6.45) is 4.57. The van der Waals surface area contributed by atoms with Crippen molar-refractivity contribution >= 4 is 35.7 Å². The zero-order valence-corrected chi connectivity index (χ0v) is 22.4. The van der Waals surface area contributed by atoms with Crippen LogP contribution < -0.4 is 20.9 Å². The molecule has 4 rings (SSSR count). The third kappa shape index (κ3) is 6.90. The van der Waals surface area contributed by atoms with Crippen molar-refractivity contribution in [2.24, 2.45) is 0 Å². The Morgan fingerprint density at radius 3 is 2.15 bits per heavy atom. The predicted molar refractivity (Wildman–Crippen MR) is 148 cm³/mol. The van der Waals surface area contributed by atoms with Gasteiger partial charge in [0.05, 0.1) is 17.8 Å². The van der Waals surface area contributed by atoms with Crippen molar-refractivity contribution in [3.8, 4) is 5.75 Å². The molecule has 0 radical (unpaired) electrons. The first-order valence-electron chi connectivity index (χ1n) is 12.3. The van der Waals surface area contributed by atoms with E-state index in [1.54, 1.807) is 38.6 Å². The summed E-state index contributed by atoms with van der Waals surface area (Å²) in [4.78, 5) is 44.2. The monoisotopic (exact) mass is 555 g/mol. The second-order valence-corrected chi connectivity index (χ2v) is 9.34. The third-order valence-electron chi connectivity index (χ3n) is 6.51. The van der Waals surface area contributed by atoms with Crippen molar-refractivity contribution < 1.29 is 23.9 Å². The number of halogens is 2.